The number of hydrogen-bond donors (Lipinski definition) is 5. The van der Waals surface area contributed by atoms with E-state index in [1.807, 2.05) is 60.5 Å². The SMILES string of the molecule is Cc1c(COc2ccc3c(c2)OCCC3N(C)CC(=O)O)cccc1-c1cccc(Nc2nccc3cc(CNC[C@H](O)CO)cnc23)c1C. The number of carboxylic acid groups (broad SMARTS) is 1. The van der Waals surface area contributed by atoms with E-state index in [2.05, 4.69) is 47.7 Å². The molecule has 2 atom stereocenters. The number of carbonyl (C=O) groups is 1. The highest BCUT2D eigenvalue weighted by molar-refractivity contribution is 5.91. The molecule has 0 fully saturated rings. The zero-order valence-electron chi connectivity index (χ0n) is 28.5. The fourth-order valence-corrected chi connectivity index (χ4v) is 6.45. The Labute approximate surface area is 291 Å². The van der Waals surface area contributed by atoms with Crippen molar-refractivity contribution in [2.75, 3.05) is 38.7 Å². The number of hydrogen-bond acceptors (Lipinski definition) is 10. The monoisotopic (exact) mass is 677 g/mol. The number of aliphatic carboxylic acids is 1. The van der Waals surface area contributed by atoms with E-state index < -0.39 is 12.1 Å². The maximum atomic E-state index is 11.3. The van der Waals surface area contributed by atoms with Gasteiger partial charge in [-0.05, 0) is 78.5 Å². The summed E-state index contributed by atoms with van der Waals surface area (Å²) in [5, 5.41) is 35.5. The van der Waals surface area contributed by atoms with Crippen LogP contribution in [0.1, 0.15) is 40.3 Å². The normalized spacial score (nSPS) is 14.6. The zero-order valence-corrected chi connectivity index (χ0v) is 28.5. The maximum absolute atomic E-state index is 11.3. The first-order valence-corrected chi connectivity index (χ1v) is 16.7. The lowest BCUT2D eigenvalue weighted by atomic mass is 9.93. The minimum Gasteiger partial charge on any atom is -0.493 e. The van der Waals surface area contributed by atoms with E-state index in [0.29, 0.717) is 37.9 Å². The fourth-order valence-electron chi connectivity index (χ4n) is 6.45. The molecule has 1 aliphatic rings. The van der Waals surface area contributed by atoms with E-state index in [1.54, 1.807) is 12.4 Å². The van der Waals surface area contributed by atoms with Crippen LogP contribution in [0.2, 0.25) is 0 Å². The molecule has 3 heterocycles. The third kappa shape index (κ3) is 7.87. The minimum absolute atomic E-state index is 0.0239. The Hall–Kier alpha value is -5.07. The van der Waals surface area contributed by atoms with Gasteiger partial charge >= 0.3 is 5.97 Å². The van der Waals surface area contributed by atoms with Crippen LogP contribution in [0.3, 0.4) is 0 Å². The summed E-state index contributed by atoms with van der Waals surface area (Å²) in [6, 6.07) is 22.2. The molecule has 0 spiro atoms. The van der Waals surface area contributed by atoms with Crippen molar-refractivity contribution in [1.82, 2.24) is 20.2 Å². The Balaban J connectivity index is 1.17. The number of carboxylic acids is 1. The van der Waals surface area contributed by atoms with Gasteiger partial charge in [0.1, 0.15) is 23.6 Å². The number of ether oxygens (including phenoxy) is 2. The molecule has 5 N–H and O–H groups in total. The third-order valence-corrected chi connectivity index (χ3v) is 9.20. The minimum atomic E-state index is -0.853. The van der Waals surface area contributed by atoms with Crippen LogP contribution in [0.4, 0.5) is 11.5 Å². The van der Waals surface area contributed by atoms with Crippen molar-refractivity contribution in [3.63, 3.8) is 0 Å². The summed E-state index contributed by atoms with van der Waals surface area (Å²) in [6.45, 7) is 5.60. The molecule has 0 aliphatic carbocycles. The summed E-state index contributed by atoms with van der Waals surface area (Å²) in [5.41, 5.74) is 9.08. The van der Waals surface area contributed by atoms with Gasteiger partial charge in [-0.1, -0.05) is 36.4 Å². The number of aliphatic hydroxyl groups excluding tert-OH is 2. The maximum Gasteiger partial charge on any atom is 0.317 e. The topological polar surface area (TPSA) is 149 Å². The van der Waals surface area contributed by atoms with Crippen LogP contribution in [0.5, 0.6) is 11.5 Å². The molecule has 5 aromatic rings. The molecule has 11 heteroatoms. The Kier molecular flexibility index (Phi) is 10.9. The van der Waals surface area contributed by atoms with E-state index in [4.69, 9.17) is 19.6 Å². The van der Waals surface area contributed by atoms with Gasteiger partial charge in [-0.2, -0.15) is 0 Å². The van der Waals surface area contributed by atoms with E-state index >= 15 is 0 Å². The van der Waals surface area contributed by atoms with E-state index in [-0.39, 0.29) is 19.2 Å². The molecule has 3 aromatic carbocycles. The van der Waals surface area contributed by atoms with E-state index in [9.17, 15) is 15.0 Å². The first kappa shape index (κ1) is 34.8. The van der Waals surface area contributed by atoms with Crippen LogP contribution < -0.4 is 20.1 Å². The zero-order chi connectivity index (χ0) is 35.2. The molecule has 0 amide bonds. The second-order valence-electron chi connectivity index (χ2n) is 12.7. The first-order valence-electron chi connectivity index (χ1n) is 16.7. The van der Waals surface area contributed by atoms with Crippen LogP contribution in [-0.4, -0.2) is 75.6 Å². The first-order chi connectivity index (χ1) is 24.2. The molecular weight excluding hydrogens is 634 g/mol. The van der Waals surface area contributed by atoms with Gasteiger partial charge < -0.3 is 35.4 Å². The summed E-state index contributed by atoms with van der Waals surface area (Å²) in [4.78, 5) is 22.4. The summed E-state index contributed by atoms with van der Waals surface area (Å²) in [6.07, 6.45) is 3.49. The molecule has 6 rings (SSSR count). The lowest BCUT2D eigenvalue weighted by Crippen LogP contribution is -2.33. The molecule has 0 radical (unpaired) electrons. The average Bonchev–Trinajstić information content (AvgIpc) is 3.11. The van der Waals surface area contributed by atoms with Crippen molar-refractivity contribution >= 4 is 28.4 Å². The van der Waals surface area contributed by atoms with Gasteiger partial charge in [-0.15, -0.1) is 0 Å². The number of rotatable bonds is 14. The van der Waals surface area contributed by atoms with E-state index in [1.165, 1.54) is 0 Å². The van der Waals surface area contributed by atoms with Crippen molar-refractivity contribution < 1.29 is 29.6 Å². The van der Waals surface area contributed by atoms with Crippen molar-refractivity contribution in [3.05, 3.63) is 107 Å². The van der Waals surface area contributed by atoms with Crippen LogP contribution >= 0.6 is 0 Å². The Morgan fingerprint density at radius 3 is 2.66 bits per heavy atom. The van der Waals surface area contributed by atoms with Crippen LogP contribution in [0.15, 0.2) is 79.1 Å². The molecular formula is C39H43N5O6. The van der Waals surface area contributed by atoms with Crippen molar-refractivity contribution in [2.24, 2.45) is 0 Å². The highest BCUT2D eigenvalue weighted by Crippen LogP contribution is 2.38. The molecule has 50 heavy (non-hydrogen) atoms. The van der Waals surface area contributed by atoms with E-state index in [0.717, 1.165) is 67.7 Å². The lowest BCUT2D eigenvalue weighted by Gasteiger charge is -2.32. The van der Waals surface area contributed by atoms with Crippen LogP contribution in [0, 0.1) is 13.8 Å². The standard InChI is InChI=1S/C39H43N5O6/c1-24-28(23-50-30-10-11-33-35(44(3)21-37(47)48)13-15-49-36(33)17-30)6-4-7-31(24)32-8-5-9-34(25(32)2)43-39-38-27(12-14-41-39)16-26(19-42-38)18-40-20-29(46)22-45/h4-12,14,16-17,19,29,35,40,45-46H,13,15,18,20-23H2,1-3H3,(H,41,43)(H,47,48)/t29-,35?/m0/s1. The van der Waals surface area contributed by atoms with Crippen LogP contribution in [-0.2, 0) is 17.9 Å². The molecule has 0 bridgehead atoms. The van der Waals surface area contributed by atoms with Gasteiger partial charge in [-0.3, -0.25) is 14.7 Å². The van der Waals surface area contributed by atoms with Gasteiger partial charge in [0.2, 0.25) is 0 Å². The van der Waals surface area contributed by atoms with Crippen molar-refractivity contribution in [1.29, 1.82) is 0 Å². The van der Waals surface area contributed by atoms with Gasteiger partial charge in [0.05, 0.1) is 25.9 Å². The summed E-state index contributed by atoms with van der Waals surface area (Å²) in [5.74, 6) is 1.22. The number of aromatic nitrogens is 2. The molecule has 1 aliphatic heterocycles. The Morgan fingerprint density at radius 2 is 1.86 bits per heavy atom. The number of nitrogens with one attached hydrogen (secondary N) is 2. The number of pyridine rings is 2. The number of nitrogens with zero attached hydrogens (tertiary/aromatic N) is 3. The quantitative estimate of drug-likeness (QED) is 0.101. The predicted molar refractivity (Wildman–Crippen MR) is 193 cm³/mol. The van der Waals surface area contributed by atoms with Crippen molar-refractivity contribution in [2.45, 2.75) is 45.6 Å². The van der Waals surface area contributed by atoms with Gasteiger partial charge in [0, 0.05) is 60.6 Å². The molecule has 1 unspecified atom stereocenters. The molecule has 0 saturated heterocycles. The second kappa shape index (κ2) is 15.6. The highest BCUT2D eigenvalue weighted by Gasteiger charge is 2.26. The van der Waals surface area contributed by atoms with Gasteiger partial charge in [0.15, 0.2) is 5.82 Å². The predicted octanol–water partition coefficient (Wildman–Crippen LogP) is 5.52. The number of benzene rings is 3. The largest absolute Gasteiger partial charge is 0.493 e. The summed E-state index contributed by atoms with van der Waals surface area (Å²) < 4.78 is 12.2. The fraction of sp³-hybridized carbons (Fsp3) is 0.308. The molecule has 260 valence electrons. The third-order valence-electron chi connectivity index (χ3n) is 9.20. The summed E-state index contributed by atoms with van der Waals surface area (Å²) in [7, 11) is 1.82. The number of likely N-dealkylation sites (N-methyl/N-ethyl adjacent to an activating group) is 1. The van der Waals surface area contributed by atoms with Crippen LogP contribution in [0.25, 0.3) is 22.0 Å². The number of aliphatic hydroxyl groups is 2. The second-order valence-corrected chi connectivity index (χ2v) is 12.7. The smallest absolute Gasteiger partial charge is 0.317 e. The highest BCUT2D eigenvalue weighted by atomic mass is 16.5. The molecule has 11 nitrogen and oxygen atoms in total. The van der Waals surface area contributed by atoms with Crippen molar-refractivity contribution in [3.8, 4) is 22.6 Å². The average molecular weight is 678 g/mol. The molecule has 2 aromatic heterocycles. The summed E-state index contributed by atoms with van der Waals surface area (Å²) >= 11 is 0. The Morgan fingerprint density at radius 1 is 1.06 bits per heavy atom. The lowest BCUT2D eigenvalue weighted by molar-refractivity contribution is -0.138. The van der Waals surface area contributed by atoms with Gasteiger partial charge in [0.25, 0.3) is 0 Å². The van der Waals surface area contributed by atoms with Gasteiger partial charge in [-0.25, -0.2) is 4.98 Å². The Bertz CT molecular complexity index is 1990. The molecule has 0 saturated carbocycles. The number of fused-ring (bicyclic) bond motifs is 2. The number of anilines is 2.